The summed E-state index contributed by atoms with van der Waals surface area (Å²) in [6, 6.07) is 8.59. The molecule has 0 spiro atoms. The lowest BCUT2D eigenvalue weighted by atomic mass is 10.2. The van der Waals surface area contributed by atoms with Crippen molar-refractivity contribution in [3.8, 4) is 0 Å². The molecular formula is C11H17N3. The van der Waals surface area contributed by atoms with Crippen molar-refractivity contribution in [2.45, 2.75) is 12.5 Å². The third kappa shape index (κ3) is 1.74. The summed E-state index contributed by atoms with van der Waals surface area (Å²) in [4.78, 5) is 2.33. The molecule has 14 heavy (non-hydrogen) atoms. The highest BCUT2D eigenvalue weighted by Gasteiger charge is 2.19. The van der Waals surface area contributed by atoms with E-state index in [0.29, 0.717) is 6.54 Å². The number of hydrogen-bond acceptors (Lipinski definition) is 3. The van der Waals surface area contributed by atoms with Gasteiger partial charge in [-0.15, -0.1) is 0 Å². The number of para-hydroxylation sites is 1. The summed E-state index contributed by atoms with van der Waals surface area (Å²) in [5.41, 5.74) is 14.1. The van der Waals surface area contributed by atoms with Gasteiger partial charge in [-0.2, -0.15) is 0 Å². The van der Waals surface area contributed by atoms with Crippen LogP contribution in [0.25, 0.3) is 0 Å². The Kier molecular flexibility index (Phi) is 2.70. The summed E-state index contributed by atoms with van der Waals surface area (Å²) < 4.78 is 0. The van der Waals surface area contributed by atoms with Crippen molar-refractivity contribution in [1.29, 1.82) is 0 Å². The molecular weight excluding hydrogens is 174 g/mol. The minimum atomic E-state index is 0.0844. The van der Waals surface area contributed by atoms with Gasteiger partial charge in [-0.05, 0) is 18.1 Å². The van der Waals surface area contributed by atoms with Gasteiger partial charge in [0, 0.05) is 31.4 Å². The quantitative estimate of drug-likeness (QED) is 0.724. The third-order valence-corrected chi connectivity index (χ3v) is 2.74. The molecule has 0 aromatic heterocycles. The fourth-order valence-electron chi connectivity index (χ4n) is 1.95. The molecule has 1 aromatic carbocycles. The average molecular weight is 191 g/mol. The van der Waals surface area contributed by atoms with Crippen molar-refractivity contribution >= 4 is 5.69 Å². The molecule has 1 heterocycles. The number of nitrogens with zero attached hydrogens (tertiary/aromatic N) is 1. The van der Waals surface area contributed by atoms with Gasteiger partial charge in [-0.25, -0.2) is 0 Å². The van der Waals surface area contributed by atoms with Crippen LogP contribution in [0.15, 0.2) is 24.3 Å². The fraction of sp³-hybridized carbons (Fsp3) is 0.455. The van der Waals surface area contributed by atoms with Gasteiger partial charge in [0.15, 0.2) is 0 Å². The second-order valence-electron chi connectivity index (χ2n) is 3.82. The van der Waals surface area contributed by atoms with Crippen LogP contribution in [-0.4, -0.2) is 25.7 Å². The summed E-state index contributed by atoms with van der Waals surface area (Å²) in [5, 5.41) is 0. The van der Waals surface area contributed by atoms with Crippen molar-refractivity contribution in [2.24, 2.45) is 11.5 Å². The SMILES string of the molecule is NCC(N)CN1CCc2ccccc21. The number of rotatable bonds is 3. The molecule has 1 aliphatic heterocycles. The molecule has 0 radical (unpaired) electrons. The Labute approximate surface area is 84.7 Å². The summed E-state index contributed by atoms with van der Waals surface area (Å²) >= 11 is 0. The van der Waals surface area contributed by atoms with E-state index in [1.54, 1.807) is 0 Å². The van der Waals surface area contributed by atoms with Crippen molar-refractivity contribution in [2.75, 3.05) is 24.5 Å². The van der Waals surface area contributed by atoms with Gasteiger partial charge in [-0.3, -0.25) is 0 Å². The first-order valence-electron chi connectivity index (χ1n) is 5.10. The van der Waals surface area contributed by atoms with Crippen LogP contribution in [0.2, 0.25) is 0 Å². The number of benzene rings is 1. The van der Waals surface area contributed by atoms with Gasteiger partial charge in [0.25, 0.3) is 0 Å². The highest BCUT2D eigenvalue weighted by molar-refractivity contribution is 5.57. The zero-order valence-corrected chi connectivity index (χ0v) is 8.32. The number of nitrogens with two attached hydrogens (primary N) is 2. The summed E-state index contributed by atoms with van der Waals surface area (Å²) in [6.07, 6.45) is 1.13. The second-order valence-corrected chi connectivity index (χ2v) is 3.82. The van der Waals surface area contributed by atoms with E-state index >= 15 is 0 Å². The molecule has 0 aliphatic carbocycles. The molecule has 76 valence electrons. The second kappa shape index (κ2) is 3.98. The van der Waals surface area contributed by atoms with Gasteiger partial charge in [0.05, 0.1) is 0 Å². The Balaban J connectivity index is 2.10. The lowest BCUT2D eigenvalue weighted by Crippen LogP contribution is -2.41. The highest BCUT2D eigenvalue weighted by atomic mass is 15.2. The van der Waals surface area contributed by atoms with Crippen LogP contribution in [0.1, 0.15) is 5.56 Å². The van der Waals surface area contributed by atoms with E-state index in [4.69, 9.17) is 11.5 Å². The fourth-order valence-corrected chi connectivity index (χ4v) is 1.95. The van der Waals surface area contributed by atoms with Crippen LogP contribution < -0.4 is 16.4 Å². The predicted octanol–water partition coefficient (Wildman–Crippen LogP) is 0.335. The van der Waals surface area contributed by atoms with E-state index in [1.807, 2.05) is 0 Å². The predicted molar refractivity (Wildman–Crippen MR) is 59.4 cm³/mol. The molecule has 3 heteroatoms. The zero-order chi connectivity index (χ0) is 9.97. The van der Waals surface area contributed by atoms with Gasteiger partial charge in [0.1, 0.15) is 0 Å². The van der Waals surface area contributed by atoms with E-state index in [1.165, 1.54) is 11.3 Å². The van der Waals surface area contributed by atoms with E-state index in [2.05, 4.69) is 29.2 Å². The molecule has 0 fully saturated rings. The Morgan fingerprint density at radius 1 is 1.36 bits per heavy atom. The minimum absolute atomic E-state index is 0.0844. The van der Waals surface area contributed by atoms with E-state index < -0.39 is 0 Å². The summed E-state index contributed by atoms with van der Waals surface area (Å²) in [7, 11) is 0. The zero-order valence-electron chi connectivity index (χ0n) is 8.32. The van der Waals surface area contributed by atoms with Crippen LogP contribution in [0.3, 0.4) is 0 Å². The maximum atomic E-state index is 5.84. The molecule has 0 amide bonds. The summed E-state index contributed by atoms with van der Waals surface area (Å²) in [6.45, 7) is 2.50. The Morgan fingerprint density at radius 2 is 2.14 bits per heavy atom. The maximum Gasteiger partial charge on any atom is 0.0400 e. The van der Waals surface area contributed by atoms with Crippen LogP contribution in [0.4, 0.5) is 5.69 Å². The lowest BCUT2D eigenvalue weighted by Gasteiger charge is -2.22. The molecule has 0 saturated carbocycles. The molecule has 1 unspecified atom stereocenters. The molecule has 3 nitrogen and oxygen atoms in total. The molecule has 1 aromatic rings. The Morgan fingerprint density at radius 3 is 2.93 bits per heavy atom. The molecule has 0 bridgehead atoms. The van der Waals surface area contributed by atoms with E-state index in [-0.39, 0.29) is 6.04 Å². The first-order valence-corrected chi connectivity index (χ1v) is 5.10. The average Bonchev–Trinajstić information content (AvgIpc) is 2.62. The molecule has 4 N–H and O–H groups in total. The standard InChI is InChI=1S/C11H17N3/c12-7-10(13)8-14-6-5-9-3-1-2-4-11(9)14/h1-4,10H,5-8,12-13H2. The van der Waals surface area contributed by atoms with E-state index in [9.17, 15) is 0 Å². The Bertz CT molecular complexity index is 311. The van der Waals surface area contributed by atoms with Crippen LogP contribution in [0.5, 0.6) is 0 Å². The first-order chi connectivity index (χ1) is 6.81. The number of hydrogen-bond donors (Lipinski definition) is 2. The van der Waals surface area contributed by atoms with Crippen LogP contribution >= 0.6 is 0 Å². The maximum absolute atomic E-state index is 5.84. The van der Waals surface area contributed by atoms with Gasteiger partial charge in [0.2, 0.25) is 0 Å². The molecule has 1 aliphatic rings. The van der Waals surface area contributed by atoms with Crippen molar-refractivity contribution in [3.63, 3.8) is 0 Å². The van der Waals surface area contributed by atoms with Gasteiger partial charge >= 0.3 is 0 Å². The Hall–Kier alpha value is -1.06. The smallest absolute Gasteiger partial charge is 0.0400 e. The first kappa shape index (κ1) is 9.49. The van der Waals surface area contributed by atoms with Crippen molar-refractivity contribution < 1.29 is 0 Å². The van der Waals surface area contributed by atoms with Crippen molar-refractivity contribution in [3.05, 3.63) is 29.8 Å². The van der Waals surface area contributed by atoms with E-state index in [0.717, 1.165) is 19.5 Å². The van der Waals surface area contributed by atoms with Crippen molar-refractivity contribution in [1.82, 2.24) is 0 Å². The normalized spacial score (nSPS) is 16.9. The summed E-state index contributed by atoms with van der Waals surface area (Å²) in [5.74, 6) is 0. The number of anilines is 1. The van der Waals surface area contributed by atoms with Crippen LogP contribution in [-0.2, 0) is 6.42 Å². The highest BCUT2D eigenvalue weighted by Crippen LogP contribution is 2.26. The molecule has 1 atom stereocenters. The molecule has 0 saturated heterocycles. The van der Waals surface area contributed by atoms with Gasteiger partial charge < -0.3 is 16.4 Å². The monoisotopic (exact) mass is 191 g/mol. The minimum Gasteiger partial charge on any atom is -0.369 e. The molecule has 2 rings (SSSR count). The van der Waals surface area contributed by atoms with Crippen LogP contribution in [0, 0.1) is 0 Å². The largest absolute Gasteiger partial charge is 0.369 e. The number of fused-ring (bicyclic) bond motifs is 1. The topological polar surface area (TPSA) is 55.3 Å². The third-order valence-electron chi connectivity index (χ3n) is 2.74. The van der Waals surface area contributed by atoms with Gasteiger partial charge in [-0.1, -0.05) is 18.2 Å². The lowest BCUT2D eigenvalue weighted by molar-refractivity contribution is 0.651.